The molecule has 2 atom stereocenters. The monoisotopic (exact) mass is 161 g/mol. The van der Waals surface area contributed by atoms with Gasteiger partial charge in [-0.15, -0.1) is 0 Å². The van der Waals surface area contributed by atoms with Gasteiger partial charge in [0, 0.05) is 0 Å². The average molecular weight is 161 g/mol. The average Bonchev–Trinajstić information content (AvgIpc) is 2.84. The number of aryl methyl sites for hydroxylation is 1. The van der Waals surface area contributed by atoms with Gasteiger partial charge < -0.3 is 5.73 Å². The van der Waals surface area contributed by atoms with Crippen LogP contribution >= 0.6 is 0 Å². The molecule has 2 rings (SSSR count). The van der Waals surface area contributed by atoms with E-state index in [9.17, 15) is 0 Å². The first-order valence-electron chi connectivity index (χ1n) is 4.58. The number of hydrogen-bond donors (Lipinski definition) is 1. The van der Waals surface area contributed by atoms with Gasteiger partial charge >= 0.3 is 0 Å². The predicted molar refractivity (Wildman–Crippen MR) is 51.1 cm³/mol. The van der Waals surface area contributed by atoms with Gasteiger partial charge in [0.25, 0.3) is 0 Å². The highest BCUT2D eigenvalue weighted by Crippen LogP contribution is 2.47. The highest BCUT2D eigenvalue weighted by Gasteiger charge is 2.37. The van der Waals surface area contributed by atoms with Gasteiger partial charge in [-0.3, -0.25) is 0 Å². The summed E-state index contributed by atoms with van der Waals surface area (Å²) in [7, 11) is 0. The summed E-state index contributed by atoms with van der Waals surface area (Å²) in [6, 6.07) is 8.63. The largest absolute Gasteiger partial charge is 0.330 e. The topological polar surface area (TPSA) is 26.0 Å². The molecule has 1 aliphatic carbocycles. The zero-order valence-corrected chi connectivity index (χ0v) is 7.46. The third kappa shape index (κ3) is 1.25. The van der Waals surface area contributed by atoms with Crippen LogP contribution in [0.2, 0.25) is 0 Å². The lowest BCUT2D eigenvalue weighted by molar-refractivity contribution is 0.807. The number of rotatable bonds is 2. The van der Waals surface area contributed by atoms with Crippen molar-refractivity contribution in [3.63, 3.8) is 0 Å². The van der Waals surface area contributed by atoms with Crippen LogP contribution in [0.4, 0.5) is 0 Å². The fourth-order valence-corrected chi connectivity index (χ4v) is 1.89. The molecular formula is C11H15N. The van der Waals surface area contributed by atoms with E-state index in [1.807, 2.05) is 0 Å². The zero-order chi connectivity index (χ0) is 8.55. The van der Waals surface area contributed by atoms with E-state index in [4.69, 9.17) is 5.73 Å². The Kier molecular flexibility index (Phi) is 1.89. The molecule has 1 aliphatic rings. The van der Waals surface area contributed by atoms with E-state index < -0.39 is 0 Å². The van der Waals surface area contributed by atoms with Crippen LogP contribution in [-0.4, -0.2) is 6.54 Å². The maximum Gasteiger partial charge on any atom is -0.00428 e. The molecule has 1 aromatic rings. The van der Waals surface area contributed by atoms with Crippen molar-refractivity contribution in [3.05, 3.63) is 35.4 Å². The van der Waals surface area contributed by atoms with Crippen LogP contribution < -0.4 is 5.73 Å². The fraction of sp³-hybridized carbons (Fsp3) is 0.455. The number of hydrogen-bond acceptors (Lipinski definition) is 1. The second kappa shape index (κ2) is 2.91. The molecule has 0 aliphatic heterocycles. The molecule has 1 aromatic carbocycles. The van der Waals surface area contributed by atoms with Gasteiger partial charge in [0.15, 0.2) is 0 Å². The molecule has 0 spiro atoms. The lowest BCUT2D eigenvalue weighted by Gasteiger charge is -2.02. The van der Waals surface area contributed by atoms with Crippen molar-refractivity contribution in [1.29, 1.82) is 0 Å². The van der Waals surface area contributed by atoms with E-state index in [-0.39, 0.29) is 0 Å². The fourth-order valence-electron chi connectivity index (χ4n) is 1.89. The molecule has 0 aromatic heterocycles. The van der Waals surface area contributed by atoms with Gasteiger partial charge in [-0.25, -0.2) is 0 Å². The Bertz CT molecular complexity index is 280. The number of nitrogens with two attached hydrogens (primary N) is 1. The van der Waals surface area contributed by atoms with Crippen molar-refractivity contribution in [2.45, 2.75) is 19.3 Å². The summed E-state index contributed by atoms with van der Waals surface area (Å²) in [5.74, 6) is 1.52. The maximum absolute atomic E-state index is 5.61. The first-order valence-corrected chi connectivity index (χ1v) is 4.58. The van der Waals surface area contributed by atoms with Gasteiger partial charge in [-0.05, 0) is 42.9 Å². The van der Waals surface area contributed by atoms with Gasteiger partial charge in [0.2, 0.25) is 0 Å². The molecule has 1 fully saturated rings. The Balaban J connectivity index is 2.19. The molecule has 0 saturated heterocycles. The molecule has 1 unspecified atom stereocenters. The summed E-state index contributed by atoms with van der Waals surface area (Å²) in [5.41, 5.74) is 8.53. The smallest absolute Gasteiger partial charge is 0.00428 e. The first kappa shape index (κ1) is 7.81. The van der Waals surface area contributed by atoms with E-state index in [1.54, 1.807) is 0 Å². The van der Waals surface area contributed by atoms with E-state index >= 15 is 0 Å². The van der Waals surface area contributed by atoms with E-state index in [0.717, 1.165) is 18.4 Å². The van der Waals surface area contributed by atoms with Crippen LogP contribution in [0.1, 0.15) is 23.5 Å². The second-order valence-electron chi connectivity index (χ2n) is 3.69. The van der Waals surface area contributed by atoms with E-state index in [0.29, 0.717) is 0 Å². The van der Waals surface area contributed by atoms with Crippen molar-refractivity contribution < 1.29 is 0 Å². The Morgan fingerprint density at radius 2 is 2.17 bits per heavy atom. The molecule has 0 heterocycles. The lowest BCUT2D eigenvalue weighted by Crippen LogP contribution is -2.02. The molecule has 1 heteroatoms. The minimum Gasteiger partial charge on any atom is -0.330 e. The van der Waals surface area contributed by atoms with Gasteiger partial charge in [-0.2, -0.15) is 0 Å². The van der Waals surface area contributed by atoms with Crippen LogP contribution in [0.3, 0.4) is 0 Å². The van der Waals surface area contributed by atoms with Crippen molar-refractivity contribution in [3.8, 4) is 0 Å². The lowest BCUT2D eigenvalue weighted by atomic mass is 10.0. The molecule has 0 bridgehead atoms. The molecule has 1 saturated carbocycles. The van der Waals surface area contributed by atoms with E-state index in [2.05, 4.69) is 31.2 Å². The van der Waals surface area contributed by atoms with Crippen LogP contribution in [0.5, 0.6) is 0 Å². The van der Waals surface area contributed by atoms with Crippen LogP contribution in [0.15, 0.2) is 24.3 Å². The van der Waals surface area contributed by atoms with Gasteiger partial charge in [-0.1, -0.05) is 24.3 Å². The summed E-state index contributed by atoms with van der Waals surface area (Å²) < 4.78 is 0. The quantitative estimate of drug-likeness (QED) is 0.706. The highest BCUT2D eigenvalue weighted by atomic mass is 14.6. The summed E-state index contributed by atoms with van der Waals surface area (Å²) in [5, 5.41) is 0. The maximum atomic E-state index is 5.61. The summed E-state index contributed by atoms with van der Waals surface area (Å²) >= 11 is 0. The molecule has 64 valence electrons. The normalized spacial score (nSPS) is 27.2. The minimum atomic E-state index is 0.756. The third-order valence-corrected chi connectivity index (χ3v) is 2.81. The van der Waals surface area contributed by atoms with Gasteiger partial charge in [0.1, 0.15) is 0 Å². The van der Waals surface area contributed by atoms with Crippen molar-refractivity contribution in [1.82, 2.24) is 0 Å². The Hall–Kier alpha value is -0.820. The summed E-state index contributed by atoms with van der Waals surface area (Å²) in [4.78, 5) is 0. The molecule has 12 heavy (non-hydrogen) atoms. The molecule has 0 radical (unpaired) electrons. The summed E-state index contributed by atoms with van der Waals surface area (Å²) in [6.45, 7) is 3.03. The van der Waals surface area contributed by atoms with Crippen molar-refractivity contribution in [2.24, 2.45) is 11.7 Å². The first-order chi connectivity index (χ1) is 5.83. The minimum absolute atomic E-state index is 0.756. The highest BCUT2D eigenvalue weighted by molar-refractivity contribution is 5.33. The summed E-state index contributed by atoms with van der Waals surface area (Å²) in [6.07, 6.45) is 1.29. The van der Waals surface area contributed by atoms with Crippen LogP contribution in [0.25, 0.3) is 0 Å². The predicted octanol–water partition coefficient (Wildman–Crippen LogP) is 2.06. The third-order valence-electron chi connectivity index (χ3n) is 2.81. The van der Waals surface area contributed by atoms with Crippen LogP contribution in [0, 0.1) is 12.8 Å². The number of benzene rings is 1. The Morgan fingerprint density at radius 3 is 2.75 bits per heavy atom. The van der Waals surface area contributed by atoms with Crippen molar-refractivity contribution >= 4 is 0 Å². The molecule has 0 amide bonds. The second-order valence-corrected chi connectivity index (χ2v) is 3.69. The standard InChI is InChI=1S/C11H15N/c1-8-4-2-3-5-10(8)11-6-9(11)7-12/h2-5,9,11H,6-7,12H2,1H3/t9-,11?/m0/s1. The Labute approximate surface area is 73.6 Å². The van der Waals surface area contributed by atoms with E-state index in [1.165, 1.54) is 17.5 Å². The van der Waals surface area contributed by atoms with Gasteiger partial charge in [0.05, 0.1) is 0 Å². The zero-order valence-electron chi connectivity index (χ0n) is 7.46. The van der Waals surface area contributed by atoms with Crippen molar-refractivity contribution in [2.75, 3.05) is 6.54 Å². The van der Waals surface area contributed by atoms with Crippen LogP contribution in [-0.2, 0) is 0 Å². The Morgan fingerprint density at radius 1 is 1.42 bits per heavy atom. The molecule has 1 nitrogen and oxygen atoms in total. The molecule has 2 N–H and O–H groups in total. The molecular weight excluding hydrogens is 146 g/mol. The SMILES string of the molecule is Cc1ccccc1C1C[C@H]1CN.